The molecule has 0 fully saturated rings. The number of rotatable bonds is 3. The van der Waals surface area contributed by atoms with Crippen LogP contribution in [-0.4, -0.2) is 15.9 Å². The zero-order chi connectivity index (χ0) is 14.7. The summed E-state index contributed by atoms with van der Waals surface area (Å²) in [6, 6.07) is 3.03. The molecular formula is C12H7Cl4N3O. The zero-order valence-electron chi connectivity index (χ0n) is 9.83. The van der Waals surface area contributed by atoms with Crippen LogP contribution in [0.25, 0.3) is 0 Å². The van der Waals surface area contributed by atoms with Crippen LogP contribution in [0.2, 0.25) is 20.2 Å². The molecule has 104 valence electrons. The number of carbonyl (C=O) groups excluding carboxylic acids is 1. The van der Waals surface area contributed by atoms with Gasteiger partial charge in [0.05, 0.1) is 32.9 Å². The highest BCUT2D eigenvalue weighted by Crippen LogP contribution is 2.22. The van der Waals surface area contributed by atoms with E-state index < -0.39 is 5.91 Å². The number of pyridine rings is 2. The van der Waals surface area contributed by atoms with Gasteiger partial charge in [0.2, 0.25) is 0 Å². The number of amides is 1. The molecule has 0 spiro atoms. The quantitative estimate of drug-likeness (QED) is 0.850. The smallest absolute Gasteiger partial charge is 0.256 e. The summed E-state index contributed by atoms with van der Waals surface area (Å²) in [5, 5.41) is 3.65. The fourth-order valence-electron chi connectivity index (χ4n) is 1.44. The lowest BCUT2D eigenvalue weighted by molar-refractivity contribution is 0.0950. The van der Waals surface area contributed by atoms with Crippen molar-refractivity contribution >= 4 is 52.3 Å². The molecule has 2 aromatic heterocycles. The Bertz CT molecular complexity index is 643. The van der Waals surface area contributed by atoms with Crippen LogP contribution in [0.3, 0.4) is 0 Å². The van der Waals surface area contributed by atoms with E-state index in [1.165, 1.54) is 18.5 Å². The van der Waals surface area contributed by atoms with Gasteiger partial charge in [0.15, 0.2) is 0 Å². The highest BCUT2D eigenvalue weighted by Gasteiger charge is 2.16. The van der Waals surface area contributed by atoms with Gasteiger partial charge in [-0.15, -0.1) is 0 Å². The molecule has 0 unspecified atom stereocenters. The van der Waals surface area contributed by atoms with Crippen LogP contribution in [0.15, 0.2) is 24.5 Å². The van der Waals surface area contributed by atoms with Crippen molar-refractivity contribution in [2.75, 3.05) is 0 Å². The summed E-state index contributed by atoms with van der Waals surface area (Å²) >= 11 is 23.5. The molecule has 4 nitrogen and oxygen atoms in total. The van der Waals surface area contributed by atoms with Gasteiger partial charge in [-0.1, -0.05) is 46.4 Å². The largest absolute Gasteiger partial charge is 0.346 e. The lowest BCUT2D eigenvalue weighted by Gasteiger charge is -2.08. The Kier molecular flexibility index (Phi) is 5.05. The summed E-state index contributed by atoms with van der Waals surface area (Å²) in [7, 11) is 0. The van der Waals surface area contributed by atoms with Crippen molar-refractivity contribution in [2.45, 2.75) is 6.54 Å². The Hall–Kier alpha value is -1.07. The number of aromatic nitrogens is 2. The van der Waals surface area contributed by atoms with Crippen molar-refractivity contribution in [2.24, 2.45) is 0 Å². The van der Waals surface area contributed by atoms with E-state index in [-0.39, 0.29) is 22.3 Å². The predicted octanol–water partition coefficient (Wildman–Crippen LogP) is 4.02. The molecule has 0 radical (unpaired) electrons. The van der Waals surface area contributed by atoms with Crippen molar-refractivity contribution in [1.29, 1.82) is 0 Å². The maximum Gasteiger partial charge on any atom is 0.256 e. The summed E-state index contributed by atoms with van der Waals surface area (Å²) in [5.41, 5.74) is 0.599. The molecule has 0 atom stereocenters. The van der Waals surface area contributed by atoms with Gasteiger partial charge < -0.3 is 5.32 Å². The van der Waals surface area contributed by atoms with E-state index in [1.807, 2.05) is 0 Å². The monoisotopic (exact) mass is 349 g/mol. The van der Waals surface area contributed by atoms with Gasteiger partial charge in [-0.05, 0) is 12.1 Å². The minimum atomic E-state index is -0.457. The van der Waals surface area contributed by atoms with Crippen LogP contribution in [0.4, 0.5) is 0 Å². The highest BCUT2D eigenvalue weighted by molar-refractivity contribution is 6.39. The minimum Gasteiger partial charge on any atom is -0.346 e. The second-order valence-electron chi connectivity index (χ2n) is 3.72. The molecule has 0 bridgehead atoms. The molecule has 2 heterocycles. The number of nitrogens with zero attached hydrogens (tertiary/aromatic N) is 2. The fourth-order valence-corrected chi connectivity index (χ4v) is 2.41. The maximum atomic E-state index is 12.0. The molecule has 0 aliphatic heterocycles. The third-order valence-corrected chi connectivity index (χ3v) is 3.52. The van der Waals surface area contributed by atoms with Crippen molar-refractivity contribution in [3.05, 3.63) is 56.0 Å². The van der Waals surface area contributed by atoms with Crippen LogP contribution < -0.4 is 5.32 Å². The Balaban J connectivity index is 2.13. The van der Waals surface area contributed by atoms with Gasteiger partial charge >= 0.3 is 0 Å². The lowest BCUT2D eigenvalue weighted by Crippen LogP contribution is -2.24. The topological polar surface area (TPSA) is 54.9 Å². The van der Waals surface area contributed by atoms with Gasteiger partial charge in [0.1, 0.15) is 5.15 Å². The van der Waals surface area contributed by atoms with E-state index in [2.05, 4.69) is 15.3 Å². The number of carbonyl (C=O) groups is 1. The first-order valence-electron chi connectivity index (χ1n) is 5.37. The molecule has 1 amide bonds. The Labute approximate surface area is 135 Å². The first-order chi connectivity index (χ1) is 9.49. The van der Waals surface area contributed by atoms with Gasteiger partial charge in [0.25, 0.3) is 5.91 Å². The SMILES string of the molecule is O=C(NCc1ncc(Cl)cc1Cl)c1c(Cl)ccnc1Cl. The molecule has 8 heteroatoms. The molecule has 0 aliphatic rings. The third-order valence-electron chi connectivity index (χ3n) is 2.38. The average Bonchev–Trinajstić information content (AvgIpc) is 2.37. The zero-order valence-corrected chi connectivity index (χ0v) is 12.9. The Morgan fingerprint density at radius 3 is 2.55 bits per heavy atom. The fraction of sp³-hybridized carbons (Fsp3) is 0.0833. The second kappa shape index (κ2) is 6.59. The molecule has 0 aliphatic carbocycles. The Morgan fingerprint density at radius 1 is 1.15 bits per heavy atom. The molecule has 1 N–H and O–H groups in total. The molecule has 20 heavy (non-hydrogen) atoms. The second-order valence-corrected chi connectivity index (χ2v) is 5.33. The average molecular weight is 351 g/mol. The van der Waals surface area contributed by atoms with Crippen LogP contribution in [0, 0.1) is 0 Å². The van der Waals surface area contributed by atoms with Crippen molar-refractivity contribution < 1.29 is 4.79 Å². The van der Waals surface area contributed by atoms with Crippen LogP contribution >= 0.6 is 46.4 Å². The van der Waals surface area contributed by atoms with Gasteiger partial charge in [-0.2, -0.15) is 0 Å². The lowest BCUT2D eigenvalue weighted by atomic mass is 10.2. The van der Waals surface area contributed by atoms with E-state index >= 15 is 0 Å². The van der Waals surface area contributed by atoms with Gasteiger partial charge in [0, 0.05) is 12.4 Å². The first-order valence-corrected chi connectivity index (χ1v) is 6.88. The number of hydrogen-bond acceptors (Lipinski definition) is 3. The molecule has 0 saturated heterocycles. The summed E-state index contributed by atoms with van der Waals surface area (Å²) in [6.45, 7) is 0.121. The molecule has 2 rings (SSSR count). The maximum absolute atomic E-state index is 12.0. The van der Waals surface area contributed by atoms with E-state index in [1.54, 1.807) is 6.07 Å². The number of halogens is 4. The van der Waals surface area contributed by atoms with Crippen LogP contribution in [0.1, 0.15) is 16.1 Å². The molecule has 2 aromatic rings. The first kappa shape index (κ1) is 15.3. The minimum absolute atomic E-state index is 0.0326. The van der Waals surface area contributed by atoms with E-state index in [0.717, 1.165) is 0 Å². The van der Waals surface area contributed by atoms with E-state index in [0.29, 0.717) is 15.7 Å². The summed E-state index contributed by atoms with van der Waals surface area (Å²) in [4.78, 5) is 19.9. The standard InChI is InChI=1S/C12H7Cl4N3O/c13-6-3-8(15)9(18-4-6)5-19-12(20)10-7(14)1-2-17-11(10)16/h1-4H,5H2,(H,19,20). The molecular weight excluding hydrogens is 344 g/mol. The van der Waals surface area contributed by atoms with Crippen molar-refractivity contribution in [3.63, 3.8) is 0 Å². The third kappa shape index (κ3) is 3.52. The highest BCUT2D eigenvalue weighted by atomic mass is 35.5. The number of nitrogens with one attached hydrogen (secondary N) is 1. The summed E-state index contributed by atoms with van der Waals surface area (Å²) in [5.74, 6) is -0.457. The van der Waals surface area contributed by atoms with E-state index in [4.69, 9.17) is 46.4 Å². The van der Waals surface area contributed by atoms with Gasteiger partial charge in [-0.3, -0.25) is 9.78 Å². The molecule has 0 saturated carbocycles. The normalized spacial score (nSPS) is 10.4. The van der Waals surface area contributed by atoms with E-state index in [9.17, 15) is 4.79 Å². The van der Waals surface area contributed by atoms with Crippen LogP contribution in [-0.2, 0) is 6.54 Å². The van der Waals surface area contributed by atoms with Gasteiger partial charge in [-0.25, -0.2) is 4.98 Å². The van der Waals surface area contributed by atoms with Crippen molar-refractivity contribution in [3.8, 4) is 0 Å². The number of hydrogen-bond donors (Lipinski definition) is 1. The van der Waals surface area contributed by atoms with Crippen molar-refractivity contribution in [1.82, 2.24) is 15.3 Å². The predicted molar refractivity (Wildman–Crippen MR) is 79.7 cm³/mol. The Morgan fingerprint density at radius 2 is 1.90 bits per heavy atom. The van der Waals surface area contributed by atoms with Crippen LogP contribution in [0.5, 0.6) is 0 Å². The summed E-state index contributed by atoms with van der Waals surface area (Å²) < 4.78 is 0. The molecule has 0 aromatic carbocycles. The summed E-state index contributed by atoms with van der Waals surface area (Å²) in [6.07, 6.45) is 2.86.